The molecular weight excluding hydrogens is 341 g/mol. The highest BCUT2D eigenvalue weighted by atomic mass is 32.1. The third-order valence-corrected chi connectivity index (χ3v) is 5.31. The van der Waals surface area contributed by atoms with Gasteiger partial charge in [-0.2, -0.15) is 0 Å². The number of nitrogens with zero attached hydrogens (tertiary/aromatic N) is 2. The molecule has 1 atom stereocenters. The number of halogens is 1. The largest absolute Gasteiger partial charge is 0.346 e. The number of aryl methyl sites for hydroxylation is 2. The van der Waals surface area contributed by atoms with Crippen molar-refractivity contribution in [3.05, 3.63) is 51.2 Å². The molecule has 132 valence electrons. The topological polar surface area (TPSA) is 62.3 Å². The van der Waals surface area contributed by atoms with Crippen LogP contribution in [0.15, 0.2) is 24.3 Å². The highest BCUT2D eigenvalue weighted by Gasteiger charge is 2.31. The van der Waals surface area contributed by atoms with Gasteiger partial charge in [0.2, 0.25) is 5.91 Å². The lowest BCUT2D eigenvalue weighted by Crippen LogP contribution is -2.37. The molecule has 1 aliphatic rings. The lowest BCUT2D eigenvalue weighted by molar-refractivity contribution is -0.127. The number of aromatic nitrogens is 1. The molecule has 5 nitrogen and oxygen atoms in total. The lowest BCUT2D eigenvalue weighted by atomic mass is 10.1. The highest BCUT2D eigenvalue weighted by Crippen LogP contribution is 2.19. The maximum absolute atomic E-state index is 12.9. The van der Waals surface area contributed by atoms with E-state index in [0.717, 1.165) is 16.3 Å². The monoisotopic (exact) mass is 361 g/mol. The van der Waals surface area contributed by atoms with Gasteiger partial charge in [-0.3, -0.25) is 9.59 Å². The van der Waals surface area contributed by atoms with Crippen molar-refractivity contribution in [1.29, 1.82) is 0 Å². The third-order valence-electron chi connectivity index (χ3n) is 4.24. The van der Waals surface area contributed by atoms with Crippen molar-refractivity contribution < 1.29 is 14.0 Å². The van der Waals surface area contributed by atoms with Crippen molar-refractivity contribution in [2.75, 3.05) is 13.1 Å². The number of hydrogen-bond acceptors (Lipinski definition) is 4. The summed E-state index contributed by atoms with van der Waals surface area (Å²) in [5, 5.41) is 3.79. The summed E-state index contributed by atoms with van der Waals surface area (Å²) in [5.41, 5.74) is 1.70. The van der Waals surface area contributed by atoms with E-state index in [4.69, 9.17) is 0 Å². The number of nitrogens with one attached hydrogen (secondary N) is 1. The van der Waals surface area contributed by atoms with Gasteiger partial charge in [0, 0.05) is 19.5 Å². The molecule has 1 N–H and O–H groups in total. The van der Waals surface area contributed by atoms with Gasteiger partial charge in [0.05, 0.1) is 16.7 Å². The summed E-state index contributed by atoms with van der Waals surface area (Å²) in [5.74, 6) is -0.400. The average Bonchev–Trinajstić information content (AvgIpc) is 3.08. The van der Waals surface area contributed by atoms with E-state index >= 15 is 0 Å². The van der Waals surface area contributed by atoms with Crippen molar-refractivity contribution >= 4 is 23.2 Å². The Kier molecular flexibility index (Phi) is 5.13. The molecule has 0 unspecified atom stereocenters. The van der Waals surface area contributed by atoms with Crippen LogP contribution in [0.3, 0.4) is 0 Å². The zero-order valence-electron chi connectivity index (χ0n) is 14.2. The van der Waals surface area contributed by atoms with Gasteiger partial charge in [-0.1, -0.05) is 12.1 Å². The maximum Gasteiger partial charge on any atom is 0.263 e. The summed E-state index contributed by atoms with van der Waals surface area (Å²) in [6.07, 6.45) is 0.978. The molecule has 0 spiro atoms. The van der Waals surface area contributed by atoms with Crippen molar-refractivity contribution in [3.63, 3.8) is 0 Å². The molecule has 0 saturated carbocycles. The van der Waals surface area contributed by atoms with E-state index < -0.39 is 0 Å². The third kappa shape index (κ3) is 4.22. The van der Waals surface area contributed by atoms with Crippen molar-refractivity contribution in [1.82, 2.24) is 15.2 Å². The van der Waals surface area contributed by atoms with Gasteiger partial charge in [-0.25, -0.2) is 9.37 Å². The summed E-state index contributed by atoms with van der Waals surface area (Å²) in [6, 6.07) is 6.11. The van der Waals surface area contributed by atoms with E-state index in [0.29, 0.717) is 30.8 Å². The Morgan fingerprint density at radius 2 is 2.08 bits per heavy atom. The predicted molar refractivity (Wildman–Crippen MR) is 94.1 cm³/mol. The number of rotatable bonds is 5. The number of likely N-dealkylation sites (tertiary alicyclic amines) is 1. The quantitative estimate of drug-likeness (QED) is 0.890. The second-order valence-corrected chi connectivity index (χ2v) is 7.44. The molecule has 0 aliphatic carbocycles. The van der Waals surface area contributed by atoms with E-state index in [1.54, 1.807) is 17.0 Å². The van der Waals surface area contributed by atoms with Crippen molar-refractivity contribution in [2.45, 2.75) is 32.7 Å². The van der Waals surface area contributed by atoms with E-state index in [1.807, 2.05) is 13.8 Å². The molecule has 1 aromatic heterocycles. The standard InChI is InChI=1S/C18H20FN3O2S/c1-11-17(25-12(2)20-11)18(24)21-15-9-16(23)22(10-15)8-7-13-3-5-14(19)6-4-13/h3-6,15H,7-10H2,1-2H3,(H,21,24)/t15-/m0/s1. The predicted octanol–water partition coefficient (Wildman–Crippen LogP) is 2.47. The first-order chi connectivity index (χ1) is 11.9. The molecule has 25 heavy (non-hydrogen) atoms. The molecule has 0 bridgehead atoms. The van der Waals surface area contributed by atoms with Crippen LogP contribution >= 0.6 is 11.3 Å². The molecule has 1 aromatic carbocycles. The Balaban J connectivity index is 1.54. The number of amides is 2. The van der Waals surface area contributed by atoms with E-state index in [9.17, 15) is 14.0 Å². The van der Waals surface area contributed by atoms with Crippen molar-refractivity contribution in [3.8, 4) is 0 Å². The summed E-state index contributed by atoms with van der Waals surface area (Å²) >= 11 is 1.36. The molecule has 3 rings (SSSR count). The Bertz CT molecular complexity index is 788. The molecule has 2 heterocycles. The minimum Gasteiger partial charge on any atom is -0.346 e. The highest BCUT2D eigenvalue weighted by molar-refractivity contribution is 7.13. The fraction of sp³-hybridized carbons (Fsp3) is 0.389. The number of carbonyl (C=O) groups is 2. The molecule has 1 aliphatic heterocycles. The van der Waals surface area contributed by atoms with Crippen LogP contribution in [0.2, 0.25) is 0 Å². The fourth-order valence-electron chi connectivity index (χ4n) is 2.99. The maximum atomic E-state index is 12.9. The first-order valence-corrected chi connectivity index (χ1v) is 9.01. The Labute approximate surface area is 149 Å². The molecule has 0 radical (unpaired) electrons. The first-order valence-electron chi connectivity index (χ1n) is 8.19. The van der Waals surface area contributed by atoms with Gasteiger partial charge < -0.3 is 10.2 Å². The van der Waals surface area contributed by atoms with Crippen LogP contribution in [-0.2, 0) is 11.2 Å². The summed E-state index contributed by atoms with van der Waals surface area (Å²) in [4.78, 5) is 31.1. The molecule has 1 fully saturated rings. The van der Waals surface area contributed by atoms with Gasteiger partial charge in [0.1, 0.15) is 10.7 Å². The normalized spacial score (nSPS) is 17.2. The minimum atomic E-state index is -0.266. The number of carbonyl (C=O) groups excluding carboxylic acids is 2. The molecule has 2 amide bonds. The zero-order chi connectivity index (χ0) is 18.0. The summed E-state index contributed by atoms with van der Waals surface area (Å²) < 4.78 is 12.9. The van der Waals surface area contributed by atoms with Crippen LogP contribution in [0, 0.1) is 19.7 Å². The Morgan fingerprint density at radius 3 is 2.72 bits per heavy atom. The van der Waals surface area contributed by atoms with Crippen LogP contribution in [-0.4, -0.2) is 40.8 Å². The second-order valence-electron chi connectivity index (χ2n) is 6.24. The number of hydrogen-bond donors (Lipinski definition) is 1. The lowest BCUT2D eigenvalue weighted by Gasteiger charge is -2.17. The van der Waals surface area contributed by atoms with Crippen LogP contribution in [0.25, 0.3) is 0 Å². The summed E-state index contributed by atoms with van der Waals surface area (Å²) in [6.45, 7) is 4.75. The van der Waals surface area contributed by atoms with Crippen molar-refractivity contribution in [2.24, 2.45) is 0 Å². The van der Waals surface area contributed by atoms with E-state index in [1.165, 1.54) is 23.5 Å². The zero-order valence-corrected chi connectivity index (χ0v) is 15.0. The molecule has 2 aromatic rings. The van der Waals surface area contributed by atoms with Gasteiger partial charge in [-0.05, 0) is 38.0 Å². The molecule has 1 saturated heterocycles. The molecule has 7 heteroatoms. The van der Waals surface area contributed by atoms with Crippen LogP contribution in [0.5, 0.6) is 0 Å². The smallest absolute Gasteiger partial charge is 0.263 e. The molecular formula is C18H20FN3O2S. The second kappa shape index (κ2) is 7.31. The van der Waals surface area contributed by atoms with Gasteiger partial charge >= 0.3 is 0 Å². The minimum absolute atomic E-state index is 0.0321. The number of thiazole rings is 1. The van der Waals surface area contributed by atoms with Crippen LogP contribution < -0.4 is 5.32 Å². The van der Waals surface area contributed by atoms with E-state index in [-0.39, 0.29) is 23.7 Å². The van der Waals surface area contributed by atoms with Gasteiger partial charge in [0.25, 0.3) is 5.91 Å². The van der Waals surface area contributed by atoms with Crippen LogP contribution in [0.1, 0.15) is 32.4 Å². The Hall–Kier alpha value is -2.28. The first kappa shape index (κ1) is 17.5. The fourth-order valence-corrected chi connectivity index (χ4v) is 3.82. The Morgan fingerprint density at radius 1 is 1.36 bits per heavy atom. The summed E-state index contributed by atoms with van der Waals surface area (Å²) in [7, 11) is 0. The van der Waals surface area contributed by atoms with Gasteiger partial charge in [0.15, 0.2) is 0 Å². The number of benzene rings is 1. The van der Waals surface area contributed by atoms with E-state index in [2.05, 4.69) is 10.3 Å². The SMILES string of the molecule is Cc1nc(C)c(C(=O)N[C@H]2CC(=O)N(CCc3ccc(F)cc3)C2)s1. The van der Waals surface area contributed by atoms with Crippen LogP contribution in [0.4, 0.5) is 4.39 Å². The van der Waals surface area contributed by atoms with Gasteiger partial charge in [-0.15, -0.1) is 11.3 Å². The average molecular weight is 361 g/mol.